The number of carbonyl (C=O) groups is 1. The van der Waals surface area contributed by atoms with Crippen LogP contribution in [-0.4, -0.2) is 32.9 Å². The van der Waals surface area contributed by atoms with Crippen molar-refractivity contribution in [3.63, 3.8) is 0 Å². The van der Waals surface area contributed by atoms with Crippen molar-refractivity contribution < 1.29 is 17.9 Å². The molecule has 0 radical (unpaired) electrons. The number of rotatable bonds is 6. The summed E-state index contributed by atoms with van der Waals surface area (Å²) in [7, 11) is -2.40. The summed E-state index contributed by atoms with van der Waals surface area (Å²) in [6, 6.07) is 5.90. The third-order valence-electron chi connectivity index (χ3n) is 2.77. The zero-order valence-electron chi connectivity index (χ0n) is 12.0. The molecule has 2 atom stereocenters. The summed E-state index contributed by atoms with van der Waals surface area (Å²) in [6.07, 6.45) is 2.55. The second-order valence-corrected chi connectivity index (χ2v) is 6.77. The molecule has 7 heteroatoms. The van der Waals surface area contributed by atoms with Crippen molar-refractivity contribution in [1.82, 2.24) is 4.72 Å². The number of carbonyl (C=O) groups excluding carboxylic acids is 1. The maximum absolute atomic E-state index is 12.2. The van der Waals surface area contributed by atoms with E-state index >= 15 is 0 Å². The first-order valence-electron chi connectivity index (χ1n) is 6.25. The van der Waals surface area contributed by atoms with E-state index in [1.54, 1.807) is 19.1 Å². The van der Waals surface area contributed by atoms with Gasteiger partial charge in [-0.05, 0) is 26.0 Å². The van der Waals surface area contributed by atoms with Crippen molar-refractivity contribution in [2.75, 3.05) is 7.11 Å². The van der Waals surface area contributed by atoms with Gasteiger partial charge in [-0.1, -0.05) is 23.8 Å². The molecule has 0 aromatic heterocycles. The number of sulfonamides is 1. The number of hydrogen-bond donors (Lipinski definition) is 1. The molecule has 0 aliphatic rings. The molecule has 1 aromatic carbocycles. The zero-order chi connectivity index (χ0) is 16.0. The van der Waals surface area contributed by atoms with Gasteiger partial charge in [-0.3, -0.25) is 0 Å². The Hall–Kier alpha value is -1.37. The van der Waals surface area contributed by atoms with Gasteiger partial charge >= 0.3 is 5.97 Å². The van der Waals surface area contributed by atoms with Crippen molar-refractivity contribution in [3.8, 4) is 0 Å². The number of benzene rings is 1. The highest BCUT2D eigenvalue weighted by Gasteiger charge is 2.21. The summed E-state index contributed by atoms with van der Waals surface area (Å²) in [5.41, 5.74) is 0.971. The first-order valence-corrected chi connectivity index (χ1v) is 8.17. The monoisotopic (exact) mass is 331 g/mol. The van der Waals surface area contributed by atoms with Gasteiger partial charge in [0.05, 0.1) is 17.4 Å². The third-order valence-corrected chi connectivity index (χ3v) is 4.87. The normalized spacial score (nSPS) is 14.9. The van der Waals surface area contributed by atoms with Crippen LogP contribution in [0.1, 0.15) is 12.5 Å². The highest BCUT2D eigenvalue weighted by molar-refractivity contribution is 7.89. The molecule has 116 valence electrons. The van der Waals surface area contributed by atoms with Crippen LogP contribution in [0.3, 0.4) is 0 Å². The number of hydrogen-bond acceptors (Lipinski definition) is 4. The van der Waals surface area contributed by atoms with Gasteiger partial charge in [0.1, 0.15) is 0 Å². The number of methoxy groups -OCH3 is 1. The molecule has 5 nitrogen and oxygen atoms in total. The molecular formula is C14H18ClNO4S. The lowest BCUT2D eigenvalue weighted by Gasteiger charge is -2.17. The molecule has 0 bridgehead atoms. The summed E-state index contributed by atoms with van der Waals surface area (Å²) in [5.74, 6) is -0.547. The van der Waals surface area contributed by atoms with Gasteiger partial charge in [0, 0.05) is 12.1 Å². The largest absolute Gasteiger partial charge is 0.466 e. The second-order valence-electron chi connectivity index (χ2n) is 4.55. The van der Waals surface area contributed by atoms with Gasteiger partial charge in [0.15, 0.2) is 0 Å². The van der Waals surface area contributed by atoms with E-state index in [0.29, 0.717) is 0 Å². The fourth-order valence-electron chi connectivity index (χ4n) is 1.50. The molecule has 0 heterocycles. The van der Waals surface area contributed by atoms with Gasteiger partial charge in [0.2, 0.25) is 10.0 Å². The summed E-state index contributed by atoms with van der Waals surface area (Å²) in [5, 5.41) is -0.677. The second kappa shape index (κ2) is 7.59. The minimum Gasteiger partial charge on any atom is -0.466 e. The van der Waals surface area contributed by atoms with E-state index in [1.807, 2.05) is 6.92 Å². The Labute approximate surface area is 130 Å². The number of esters is 1. The Balaban J connectivity index is 2.76. The van der Waals surface area contributed by atoms with Crippen molar-refractivity contribution >= 4 is 27.6 Å². The summed E-state index contributed by atoms with van der Waals surface area (Å²) >= 11 is 6.03. The van der Waals surface area contributed by atoms with Crippen LogP contribution >= 0.6 is 11.6 Å². The number of nitrogens with one attached hydrogen (secondary N) is 1. The SMILES string of the molecule is COC(=O)/C=C/[C@@H](Cl)[C@H](C)NS(=O)(=O)c1ccc(C)cc1. The van der Waals surface area contributed by atoms with Crippen LogP contribution in [-0.2, 0) is 19.6 Å². The Morgan fingerprint density at radius 3 is 2.43 bits per heavy atom. The maximum Gasteiger partial charge on any atom is 0.330 e. The van der Waals surface area contributed by atoms with Crippen molar-refractivity contribution in [3.05, 3.63) is 42.0 Å². The first kappa shape index (κ1) is 17.7. The fourth-order valence-corrected chi connectivity index (χ4v) is 2.98. The quantitative estimate of drug-likeness (QED) is 0.491. The molecule has 0 saturated heterocycles. The molecule has 0 amide bonds. The van der Waals surface area contributed by atoms with Crippen LogP contribution in [0.2, 0.25) is 0 Å². The summed E-state index contributed by atoms with van der Waals surface area (Å²) in [6.45, 7) is 3.49. The Morgan fingerprint density at radius 2 is 1.90 bits per heavy atom. The standard InChI is InChI=1S/C14H18ClNO4S/c1-10-4-6-12(7-5-10)21(18,19)16-11(2)13(15)8-9-14(17)20-3/h4-9,11,13,16H,1-3H3/b9-8+/t11-,13+/m0/s1. The van der Waals surface area contributed by atoms with Crippen molar-refractivity contribution in [2.24, 2.45) is 0 Å². The molecule has 0 unspecified atom stereocenters. The Bertz CT molecular complexity index is 610. The number of halogens is 1. The molecule has 0 aliphatic carbocycles. The van der Waals surface area contributed by atoms with Crippen molar-refractivity contribution in [1.29, 1.82) is 0 Å². The Kier molecular flexibility index (Phi) is 6.39. The molecule has 0 spiro atoms. The molecule has 1 N–H and O–H groups in total. The van der Waals surface area contributed by atoms with Gasteiger partial charge < -0.3 is 4.74 Å². The van der Waals surface area contributed by atoms with Crippen LogP contribution in [0.5, 0.6) is 0 Å². The molecule has 1 aromatic rings. The molecule has 21 heavy (non-hydrogen) atoms. The molecule has 1 rings (SSSR count). The van der Waals surface area contributed by atoms with Gasteiger partial charge in [-0.2, -0.15) is 0 Å². The van der Waals surface area contributed by atoms with E-state index in [-0.39, 0.29) is 4.90 Å². The van der Waals surface area contributed by atoms with Crippen LogP contribution in [0.15, 0.2) is 41.3 Å². The minimum atomic E-state index is -3.65. The number of alkyl halides is 1. The molecular weight excluding hydrogens is 314 g/mol. The fraction of sp³-hybridized carbons (Fsp3) is 0.357. The number of aryl methyl sites for hydroxylation is 1. The predicted octanol–water partition coefficient (Wildman–Crippen LogP) is 2.00. The van der Waals surface area contributed by atoms with E-state index in [4.69, 9.17) is 11.6 Å². The number of ether oxygens (including phenoxy) is 1. The van der Waals surface area contributed by atoms with E-state index in [2.05, 4.69) is 9.46 Å². The zero-order valence-corrected chi connectivity index (χ0v) is 13.6. The van der Waals surface area contributed by atoms with E-state index in [1.165, 1.54) is 25.3 Å². The molecule has 0 fully saturated rings. The van der Waals surface area contributed by atoms with E-state index in [0.717, 1.165) is 11.6 Å². The lowest BCUT2D eigenvalue weighted by atomic mass is 10.2. The average molecular weight is 332 g/mol. The predicted molar refractivity (Wildman–Crippen MR) is 81.8 cm³/mol. The average Bonchev–Trinajstić information content (AvgIpc) is 2.44. The molecule has 0 saturated carbocycles. The van der Waals surface area contributed by atoms with Gasteiger partial charge in [-0.25, -0.2) is 17.9 Å². The smallest absolute Gasteiger partial charge is 0.330 e. The van der Waals surface area contributed by atoms with E-state index in [9.17, 15) is 13.2 Å². The molecule has 0 aliphatic heterocycles. The van der Waals surface area contributed by atoms with Gasteiger partial charge in [-0.15, -0.1) is 11.6 Å². The third kappa shape index (κ3) is 5.49. The Morgan fingerprint density at radius 1 is 1.33 bits per heavy atom. The van der Waals surface area contributed by atoms with Crippen LogP contribution in [0.4, 0.5) is 0 Å². The first-order chi connectivity index (χ1) is 9.76. The topological polar surface area (TPSA) is 72.5 Å². The minimum absolute atomic E-state index is 0.167. The van der Waals surface area contributed by atoms with Gasteiger partial charge in [0.25, 0.3) is 0 Å². The summed E-state index contributed by atoms with van der Waals surface area (Å²) in [4.78, 5) is 11.1. The lowest BCUT2D eigenvalue weighted by Crippen LogP contribution is -2.38. The lowest BCUT2D eigenvalue weighted by molar-refractivity contribution is -0.134. The van der Waals surface area contributed by atoms with Crippen molar-refractivity contribution in [2.45, 2.75) is 30.2 Å². The highest BCUT2D eigenvalue weighted by Crippen LogP contribution is 2.13. The van der Waals surface area contributed by atoms with E-state index < -0.39 is 27.4 Å². The van der Waals surface area contributed by atoms with Crippen LogP contribution in [0, 0.1) is 6.92 Å². The highest BCUT2D eigenvalue weighted by atomic mass is 35.5. The summed E-state index contributed by atoms with van der Waals surface area (Å²) < 4.78 is 31.2. The maximum atomic E-state index is 12.2. The van der Waals surface area contributed by atoms with Crippen LogP contribution < -0.4 is 4.72 Å². The van der Waals surface area contributed by atoms with Crippen LogP contribution in [0.25, 0.3) is 0 Å².